The number of hydrogen-bond acceptors (Lipinski definition) is 3. The van der Waals surface area contributed by atoms with Crippen molar-refractivity contribution in [1.82, 2.24) is 0 Å². The summed E-state index contributed by atoms with van der Waals surface area (Å²) in [5, 5.41) is 0. The lowest BCUT2D eigenvalue weighted by molar-refractivity contribution is -0.128. The molecule has 0 heterocycles. The molecule has 0 saturated heterocycles. The Balaban J connectivity index is 2.45. The van der Waals surface area contributed by atoms with E-state index in [9.17, 15) is 13.2 Å². The van der Waals surface area contributed by atoms with E-state index in [2.05, 4.69) is 0 Å². The molecule has 0 aliphatic heterocycles. The molecular formula is C10H15ClO3S. The first kappa shape index (κ1) is 11.4. The first-order valence-electron chi connectivity index (χ1n) is 5.15. The fourth-order valence-electron chi connectivity index (χ4n) is 3.40. The minimum atomic E-state index is -3.60. The number of fused-ring (bicyclic) bond motifs is 2. The normalized spacial score (nSPS) is 38.6. The molecule has 0 aromatic heterocycles. The van der Waals surface area contributed by atoms with E-state index in [0.717, 1.165) is 6.42 Å². The van der Waals surface area contributed by atoms with E-state index in [-0.39, 0.29) is 17.0 Å². The number of carbonyl (C=O) groups is 1. The van der Waals surface area contributed by atoms with E-state index >= 15 is 0 Å². The van der Waals surface area contributed by atoms with Gasteiger partial charge in [0, 0.05) is 22.5 Å². The zero-order valence-corrected chi connectivity index (χ0v) is 10.5. The van der Waals surface area contributed by atoms with Crippen LogP contribution in [0.25, 0.3) is 0 Å². The van der Waals surface area contributed by atoms with Crippen LogP contribution >= 0.6 is 10.7 Å². The Morgan fingerprint density at radius 3 is 2.40 bits per heavy atom. The fraction of sp³-hybridized carbons (Fsp3) is 0.900. The molecule has 0 spiro atoms. The maximum Gasteiger partial charge on any atom is 0.233 e. The summed E-state index contributed by atoms with van der Waals surface area (Å²) in [4.78, 5) is 11.9. The summed E-state index contributed by atoms with van der Waals surface area (Å²) < 4.78 is 22.4. The Morgan fingerprint density at radius 2 is 2.07 bits per heavy atom. The molecule has 3 nitrogen and oxygen atoms in total. The third-order valence-corrected chi connectivity index (χ3v) is 5.72. The van der Waals surface area contributed by atoms with Gasteiger partial charge in [-0.15, -0.1) is 0 Å². The highest BCUT2D eigenvalue weighted by atomic mass is 35.7. The molecule has 1 unspecified atom stereocenters. The van der Waals surface area contributed by atoms with E-state index in [4.69, 9.17) is 10.7 Å². The lowest BCUT2D eigenvalue weighted by Gasteiger charge is -2.35. The van der Waals surface area contributed by atoms with Crippen LogP contribution < -0.4 is 0 Å². The second-order valence-electron chi connectivity index (χ2n) is 5.35. The zero-order valence-electron chi connectivity index (χ0n) is 8.92. The average molecular weight is 251 g/mol. The maximum atomic E-state index is 11.9. The molecule has 0 amide bonds. The predicted molar refractivity (Wildman–Crippen MR) is 58.2 cm³/mol. The average Bonchev–Trinajstić information content (AvgIpc) is 2.34. The van der Waals surface area contributed by atoms with Gasteiger partial charge in [0.25, 0.3) is 0 Å². The van der Waals surface area contributed by atoms with Crippen LogP contribution in [0.1, 0.15) is 33.1 Å². The Morgan fingerprint density at radius 1 is 1.47 bits per heavy atom. The molecule has 2 atom stereocenters. The summed E-state index contributed by atoms with van der Waals surface area (Å²) in [7, 11) is 1.71. The zero-order chi connectivity index (χ0) is 11.5. The number of ketones is 1. The van der Waals surface area contributed by atoms with Crippen LogP contribution in [0.2, 0.25) is 0 Å². The standard InChI is InChI=1S/C10H15ClO3S/c1-9(2)7-3-4-10(9,8(12)5-7)6-15(11,13)14/h7H,3-6H2,1-2H3/t7-,10?/m0/s1. The van der Waals surface area contributed by atoms with Crippen LogP contribution in [0.5, 0.6) is 0 Å². The molecule has 15 heavy (non-hydrogen) atoms. The molecular weight excluding hydrogens is 236 g/mol. The topological polar surface area (TPSA) is 51.2 Å². The van der Waals surface area contributed by atoms with Gasteiger partial charge in [-0.05, 0) is 24.2 Å². The minimum Gasteiger partial charge on any atom is -0.299 e. The van der Waals surface area contributed by atoms with E-state index in [1.54, 1.807) is 0 Å². The molecule has 0 radical (unpaired) electrons. The van der Waals surface area contributed by atoms with E-state index < -0.39 is 14.5 Å². The first-order valence-corrected chi connectivity index (χ1v) is 7.62. The Labute approximate surface area is 94.6 Å². The molecule has 5 heteroatoms. The summed E-state index contributed by atoms with van der Waals surface area (Å²) in [6.07, 6.45) is 2.15. The van der Waals surface area contributed by atoms with Gasteiger partial charge in [0.2, 0.25) is 9.05 Å². The molecule has 2 fully saturated rings. The molecule has 0 aromatic rings. The van der Waals surface area contributed by atoms with E-state index in [1.807, 2.05) is 13.8 Å². The number of carbonyl (C=O) groups excluding carboxylic acids is 1. The van der Waals surface area contributed by atoms with Gasteiger partial charge < -0.3 is 0 Å². The second kappa shape index (κ2) is 2.98. The van der Waals surface area contributed by atoms with Crippen LogP contribution in [0.4, 0.5) is 0 Å². The van der Waals surface area contributed by atoms with E-state index in [0.29, 0.717) is 18.8 Å². The van der Waals surface area contributed by atoms with Crippen LogP contribution in [-0.4, -0.2) is 20.0 Å². The largest absolute Gasteiger partial charge is 0.299 e. The third kappa shape index (κ3) is 1.45. The van der Waals surface area contributed by atoms with Gasteiger partial charge >= 0.3 is 0 Å². The van der Waals surface area contributed by atoms with Crippen molar-refractivity contribution in [3.63, 3.8) is 0 Å². The van der Waals surface area contributed by atoms with Gasteiger partial charge in [-0.2, -0.15) is 0 Å². The smallest absolute Gasteiger partial charge is 0.233 e. The number of rotatable bonds is 2. The third-order valence-electron chi connectivity index (χ3n) is 4.56. The maximum absolute atomic E-state index is 11.9. The fourth-order valence-corrected chi connectivity index (χ4v) is 5.23. The van der Waals surface area contributed by atoms with Crippen molar-refractivity contribution in [3.8, 4) is 0 Å². The first-order chi connectivity index (χ1) is 6.69. The van der Waals surface area contributed by atoms with Crippen LogP contribution in [0, 0.1) is 16.7 Å². The highest BCUT2D eigenvalue weighted by Crippen LogP contribution is 2.64. The van der Waals surface area contributed by atoms with Gasteiger partial charge in [-0.25, -0.2) is 8.42 Å². The lowest BCUT2D eigenvalue weighted by Crippen LogP contribution is -2.41. The minimum absolute atomic E-state index is 0.0907. The lowest BCUT2D eigenvalue weighted by atomic mass is 9.70. The molecule has 2 rings (SSSR count). The molecule has 2 bridgehead atoms. The predicted octanol–water partition coefficient (Wildman–Crippen LogP) is 1.95. The quantitative estimate of drug-likeness (QED) is 0.704. The number of hydrogen-bond donors (Lipinski definition) is 0. The van der Waals surface area contributed by atoms with Crippen molar-refractivity contribution in [2.75, 3.05) is 5.75 Å². The summed E-state index contributed by atoms with van der Waals surface area (Å²) in [6, 6.07) is 0. The van der Waals surface area contributed by atoms with Gasteiger partial charge in [0.1, 0.15) is 5.78 Å². The van der Waals surface area contributed by atoms with Crippen LogP contribution in [0.15, 0.2) is 0 Å². The molecule has 0 N–H and O–H groups in total. The van der Waals surface area contributed by atoms with Gasteiger partial charge in [0.15, 0.2) is 0 Å². The van der Waals surface area contributed by atoms with Gasteiger partial charge in [0.05, 0.1) is 5.75 Å². The number of halogens is 1. The van der Waals surface area contributed by atoms with Crippen molar-refractivity contribution < 1.29 is 13.2 Å². The van der Waals surface area contributed by atoms with Crippen molar-refractivity contribution in [3.05, 3.63) is 0 Å². The van der Waals surface area contributed by atoms with Gasteiger partial charge in [-0.1, -0.05) is 13.8 Å². The van der Waals surface area contributed by atoms with Gasteiger partial charge in [-0.3, -0.25) is 4.79 Å². The van der Waals surface area contributed by atoms with Crippen LogP contribution in [-0.2, 0) is 13.8 Å². The van der Waals surface area contributed by atoms with E-state index in [1.165, 1.54) is 0 Å². The van der Waals surface area contributed by atoms with Crippen molar-refractivity contribution in [1.29, 1.82) is 0 Å². The summed E-state index contributed by atoms with van der Waals surface area (Å²) in [5.41, 5.74) is -0.926. The molecule has 2 aliphatic rings. The molecule has 0 aromatic carbocycles. The van der Waals surface area contributed by atoms with Crippen molar-refractivity contribution >= 4 is 25.5 Å². The Kier molecular flexibility index (Phi) is 2.26. The highest BCUT2D eigenvalue weighted by molar-refractivity contribution is 8.13. The number of Topliss-reactive ketones (excluding diaryl/α,β-unsaturated/α-hetero) is 1. The summed E-state index contributed by atoms with van der Waals surface area (Å²) >= 11 is 0. The summed E-state index contributed by atoms with van der Waals surface area (Å²) in [5.74, 6) is 0.237. The molecule has 86 valence electrons. The van der Waals surface area contributed by atoms with Crippen molar-refractivity contribution in [2.45, 2.75) is 33.1 Å². The Hall–Kier alpha value is -0.0900. The SMILES string of the molecule is CC1(C)[C@H]2CCC1(CS(=O)(=O)Cl)C(=O)C2. The summed E-state index contributed by atoms with van der Waals surface area (Å²) in [6.45, 7) is 4.00. The Bertz CT molecular complexity index is 412. The monoisotopic (exact) mass is 250 g/mol. The molecule has 2 aliphatic carbocycles. The van der Waals surface area contributed by atoms with Crippen LogP contribution in [0.3, 0.4) is 0 Å². The second-order valence-corrected chi connectivity index (χ2v) is 8.13. The highest BCUT2D eigenvalue weighted by Gasteiger charge is 2.65. The molecule has 2 saturated carbocycles. The van der Waals surface area contributed by atoms with Crippen molar-refractivity contribution in [2.24, 2.45) is 16.7 Å².